The molecule has 3 aromatic rings. The van der Waals surface area contributed by atoms with Gasteiger partial charge in [0.25, 0.3) is 5.91 Å². The van der Waals surface area contributed by atoms with E-state index >= 15 is 0 Å². The summed E-state index contributed by atoms with van der Waals surface area (Å²) in [5, 5.41) is 14.8. The van der Waals surface area contributed by atoms with E-state index in [9.17, 15) is 4.79 Å². The number of carbonyl (C=O) groups is 1. The van der Waals surface area contributed by atoms with Crippen LogP contribution < -0.4 is 15.5 Å². The summed E-state index contributed by atoms with van der Waals surface area (Å²) >= 11 is 0. The third-order valence-electron chi connectivity index (χ3n) is 4.43. The minimum atomic E-state index is -0.300. The number of amides is 1. The maximum absolute atomic E-state index is 12.6. The molecule has 1 aliphatic heterocycles. The van der Waals surface area contributed by atoms with Crippen molar-refractivity contribution in [2.24, 2.45) is 0 Å². The number of aryl methyl sites for hydroxylation is 1. The maximum atomic E-state index is 12.6. The van der Waals surface area contributed by atoms with E-state index < -0.39 is 0 Å². The van der Waals surface area contributed by atoms with Crippen LogP contribution in [0.1, 0.15) is 16.2 Å². The molecular formula is C19H21N7O. The topological polar surface area (TPSA) is 88.0 Å². The Morgan fingerprint density at radius 1 is 1.07 bits per heavy atom. The predicted octanol–water partition coefficient (Wildman–Crippen LogP) is 1.63. The molecule has 0 saturated carbocycles. The summed E-state index contributed by atoms with van der Waals surface area (Å²) in [6.45, 7) is 5.54. The molecule has 27 heavy (non-hydrogen) atoms. The van der Waals surface area contributed by atoms with Crippen LogP contribution in [0.5, 0.6) is 0 Å². The molecule has 0 bridgehead atoms. The molecule has 0 aliphatic carbocycles. The number of hydrogen-bond donors (Lipinski definition) is 2. The molecule has 0 spiro atoms. The summed E-state index contributed by atoms with van der Waals surface area (Å²) in [6.07, 6.45) is 1.67. The summed E-state index contributed by atoms with van der Waals surface area (Å²) < 4.78 is 0. The fraction of sp³-hybridized carbons (Fsp3) is 0.263. The molecule has 8 heteroatoms. The van der Waals surface area contributed by atoms with E-state index in [-0.39, 0.29) is 5.91 Å². The molecule has 1 fully saturated rings. The van der Waals surface area contributed by atoms with Gasteiger partial charge in [-0.2, -0.15) is 9.90 Å². The van der Waals surface area contributed by atoms with E-state index in [1.54, 1.807) is 13.1 Å². The lowest BCUT2D eigenvalue weighted by atomic mass is 10.3. The van der Waals surface area contributed by atoms with Crippen LogP contribution in [0.3, 0.4) is 0 Å². The van der Waals surface area contributed by atoms with E-state index in [1.807, 2.05) is 42.5 Å². The number of carbonyl (C=O) groups excluding carboxylic acids is 1. The van der Waals surface area contributed by atoms with E-state index in [1.165, 1.54) is 4.80 Å². The molecule has 2 aromatic heterocycles. The molecule has 2 N–H and O–H groups in total. The summed E-state index contributed by atoms with van der Waals surface area (Å²) in [5.74, 6) is 0.618. The quantitative estimate of drug-likeness (QED) is 0.733. The van der Waals surface area contributed by atoms with Gasteiger partial charge in [-0.25, -0.2) is 4.98 Å². The fourth-order valence-electron chi connectivity index (χ4n) is 3.00. The van der Waals surface area contributed by atoms with Crippen molar-refractivity contribution in [2.45, 2.75) is 6.92 Å². The van der Waals surface area contributed by atoms with Crippen LogP contribution in [-0.2, 0) is 0 Å². The highest BCUT2D eigenvalue weighted by Crippen LogP contribution is 2.16. The van der Waals surface area contributed by atoms with E-state index in [0.717, 1.165) is 37.7 Å². The van der Waals surface area contributed by atoms with Crippen LogP contribution >= 0.6 is 0 Å². The lowest BCUT2D eigenvalue weighted by molar-refractivity contribution is 0.102. The second-order valence-corrected chi connectivity index (χ2v) is 6.36. The molecule has 1 aromatic carbocycles. The first-order valence-electron chi connectivity index (χ1n) is 8.93. The van der Waals surface area contributed by atoms with Crippen molar-refractivity contribution in [1.82, 2.24) is 25.3 Å². The highest BCUT2D eigenvalue weighted by atomic mass is 16.2. The number of nitrogens with zero attached hydrogens (tertiary/aromatic N) is 5. The second kappa shape index (κ2) is 7.55. The Kier molecular flexibility index (Phi) is 4.80. The molecule has 0 radical (unpaired) electrons. The number of hydrogen-bond acceptors (Lipinski definition) is 6. The van der Waals surface area contributed by atoms with E-state index in [4.69, 9.17) is 0 Å². The van der Waals surface area contributed by atoms with Crippen molar-refractivity contribution < 1.29 is 4.79 Å². The summed E-state index contributed by atoms with van der Waals surface area (Å²) in [5.41, 5.74) is 2.31. The van der Waals surface area contributed by atoms with Gasteiger partial charge in [0.1, 0.15) is 5.82 Å². The van der Waals surface area contributed by atoms with E-state index in [2.05, 4.69) is 30.7 Å². The SMILES string of the molecule is Cc1nn(-c2ccccc2)nc1C(=O)Nc1ccc(N2CCNCC2)nc1. The van der Waals surface area contributed by atoms with Gasteiger partial charge < -0.3 is 15.5 Å². The van der Waals surface area contributed by atoms with Crippen LogP contribution in [0.25, 0.3) is 5.69 Å². The van der Waals surface area contributed by atoms with Crippen molar-refractivity contribution >= 4 is 17.4 Å². The Morgan fingerprint density at radius 3 is 2.56 bits per heavy atom. The lowest BCUT2D eigenvalue weighted by Crippen LogP contribution is -2.43. The largest absolute Gasteiger partial charge is 0.354 e. The number of piperazine rings is 1. The zero-order valence-electron chi connectivity index (χ0n) is 15.1. The Hall–Kier alpha value is -3.26. The van der Waals surface area contributed by atoms with Gasteiger partial charge >= 0.3 is 0 Å². The van der Waals surface area contributed by atoms with Crippen LogP contribution in [0, 0.1) is 6.92 Å². The molecule has 1 aliphatic rings. The molecule has 1 saturated heterocycles. The number of benzene rings is 1. The van der Waals surface area contributed by atoms with Gasteiger partial charge in [-0.3, -0.25) is 4.79 Å². The van der Waals surface area contributed by atoms with Gasteiger partial charge in [0.15, 0.2) is 5.69 Å². The van der Waals surface area contributed by atoms with Crippen molar-refractivity contribution in [3.63, 3.8) is 0 Å². The Morgan fingerprint density at radius 2 is 1.85 bits per heavy atom. The molecule has 0 unspecified atom stereocenters. The monoisotopic (exact) mass is 363 g/mol. The standard InChI is InChI=1S/C19H21N7O/c1-14-18(24-26(23-14)16-5-3-2-4-6-16)19(27)22-15-7-8-17(21-13-15)25-11-9-20-10-12-25/h2-8,13,20H,9-12H2,1H3,(H,22,27). The molecule has 1 amide bonds. The smallest absolute Gasteiger partial charge is 0.278 e. The van der Waals surface area contributed by atoms with Crippen molar-refractivity contribution in [3.05, 3.63) is 60.0 Å². The lowest BCUT2D eigenvalue weighted by Gasteiger charge is -2.28. The summed E-state index contributed by atoms with van der Waals surface area (Å²) in [7, 11) is 0. The summed E-state index contributed by atoms with van der Waals surface area (Å²) in [4.78, 5) is 20.7. The van der Waals surface area contributed by atoms with Gasteiger partial charge in [0, 0.05) is 26.2 Å². The van der Waals surface area contributed by atoms with Crippen LogP contribution in [-0.4, -0.2) is 52.1 Å². The molecule has 0 atom stereocenters. The normalized spacial score (nSPS) is 14.2. The highest BCUT2D eigenvalue weighted by Gasteiger charge is 2.17. The van der Waals surface area contributed by atoms with Crippen LogP contribution in [0.15, 0.2) is 48.7 Å². The maximum Gasteiger partial charge on any atom is 0.278 e. The number of anilines is 2. The molecule has 138 valence electrons. The number of aromatic nitrogens is 4. The minimum absolute atomic E-state index is 0.296. The van der Waals surface area contributed by atoms with Crippen LogP contribution in [0.2, 0.25) is 0 Å². The number of pyridine rings is 1. The Balaban J connectivity index is 1.47. The first-order chi connectivity index (χ1) is 13.2. The van der Waals surface area contributed by atoms with Crippen LogP contribution in [0.4, 0.5) is 11.5 Å². The predicted molar refractivity (Wildman–Crippen MR) is 103 cm³/mol. The Bertz CT molecular complexity index is 915. The van der Waals surface area contributed by atoms with Crippen molar-refractivity contribution in [3.8, 4) is 5.69 Å². The Labute approximate surface area is 157 Å². The second-order valence-electron chi connectivity index (χ2n) is 6.36. The van der Waals surface area contributed by atoms with E-state index in [0.29, 0.717) is 17.1 Å². The van der Waals surface area contributed by atoms with Gasteiger partial charge in [0.05, 0.1) is 23.3 Å². The van der Waals surface area contributed by atoms with Gasteiger partial charge in [0.2, 0.25) is 0 Å². The highest BCUT2D eigenvalue weighted by molar-refractivity contribution is 6.03. The fourth-order valence-corrected chi connectivity index (χ4v) is 3.00. The first-order valence-corrected chi connectivity index (χ1v) is 8.93. The number of rotatable bonds is 4. The van der Waals surface area contributed by atoms with Crippen molar-refractivity contribution in [1.29, 1.82) is 0 Å². The molecule has 3 heterocycles. The average Bonchev–Trinajstić information content (AvgIpc) is 3.12. The molecule has 8 nitrogen and oxygen atoms in total. The first kappa shape index (κ1) is 17.2. The minimum Gasteiger partial charge on any atom is -0.354 e. The zero-order valence-corrected chi connectivity index (χ0v) is 15.1. The molecular weight excluding hydrogens is 342 g/mol. The van der Waals surface area contributed by atoms with Gasteiger partial charge in [-0.1, -0.05) is 18.2 Å². The third-order valence-corrected chi connectivity index (χ3v) is 4.43. The third kappa shape index (κ3) is 3.80. The summed E-state index contributed by atoms with van der Waals surface area (Å²) in [6, 6.07) is 13.3. The molecule has 4 rings (SSSR count). The number of nitrogens with one attached hydrogen (secondary N) is 2. The number of para-hydroxylation sites is 1. The van der Waals surface area contributed by atoms with Crippen molar-refractivity contribution in [2.75, 3.05) is 36.4 Å². The average molecular weight is 363 g/mol. The van der Waals surface area contributed by atoms with Gasteiger partial charge in [-0.05, 0) is 31.2 Å². The van der Waals surface area contributed by atoms with Gasteiger partial charge in [-0.15, -0.1) is 5.10 Å². The zero-order chi connectivity index (χ0) is 18.6.